The molecule has 174 valence electrons. The maximum absolute atomic E-state index is 10.7. The zero-order valence-corrected chi connectivity index (χ0v) is 19.8. The molecule has 0 bridgehead atoms. The van der Waals surface area contributed by atoms with Crippen molar-refractivity contribution in [2.24, 2.45) is 0 Å². The third-order valence-electron chi connectivity index (χ3n) is 5.50. The first-order valence-electron chi connectivity index (χ1n) is 11.9. The van der Waals surface area contributed by atoms with Gasteiger partial charge >= 0.3 is 5.91 Å². The number of carbonyl (C=O) groups excluding carboxylic acids is 2. The molecule has 29 heavy (non-hydrogen) atoms. The highest BCUT2D eigenvalue weighted by molar-refractivity contribution is 5.65. The van der Waals surface area contributed by atoms with Crippen molar-refractivity contribution in [3.8, 4) is 0 Å². The summed E-state index contributed by atoms with van der Waals surface area (Å²) < 4.78 is 0.260. The number of aliphatic carboxylic acids is 1. The number of hydrogen-bond acceptors (Lipinski definition) is 4. The molecule has 0 aromatic heterocycles. The Balaban J connectivity index is 0. The second-order valence-electron chi connectivity index (χ2n) is 8.72. The van der Waals surface area contributed by atoms with E-state index >= 15 is 0 Å². The first kappa shape index (κ1) is 30.3. The van der Waals surface area contributed by atoms with Crippen molar-refractivity contribution in [3.05, 3.63) is 0 Å². The number of aliphatic hydroxyl groups excluding tert-OH is 1. The van der Waals surface area contributed by atoms with Gasteiger partial charge in [-0.15, -0.1) is 0 Å². The lowest BCUT2D eigenvalue weighted by molar-refractivity contribution is -0.813. The van der Waals surface area contributed by atoms with Crippen LogP contribution in [0.3, 0.4) is 0 Å². The quantitative estimate of drug-likeness (QED) is 0.262. The minimum absolute atomic E-state index is 0.0621. The molecule has 1 N–H and O–H groups in total. The predicted molar refractivity (Wildman–Crippen MR) is 119 cm³/mol. The molecule has 0 aromatic rings. The Morgan fingerprint density at radius 2 is 1.07 bits per heavy atom. The molecule has 0 saturated heterocycles. The molecule has 5 heteroatoms. The topological polar surface area (TPSA) is 77.4 Å². The summed E-state index contributed by atoms with van der Waals surface area (Å²) in [4.78, 5) is 20.9. The first-order chi connectivity index (χ1) is 13.8. The number of hydrogen-bond donors (Lipinski definition) is 1. The Morgan fingerprint density at radius 1 is 0.724 bits per heavy atom. The Morgan fingerprint density at radius 3 is 1.31 bits per heavy atom. The summed E-state index contributed by atoms with van der Waals surface area (Å²) >= 11 is 0. The van der Waals surface area contributed by atoms with Crippen LogP contribution in [0.5, 0.6) is 0 Å². The summed E-state index contributed by atoms with van der Waals surface area (Å²) in [7, 11) is 3.55. The molecule has 0 aliphatic rings. The van der Waals surface area contributed by atoms with Crippen LogP contribution >= 0.6 is 0 Å². The van der Waals surface area contributed by atoms with E-state index in [2.05, 4.69) is 6.92 Å². The molecule has 5 nitrogen and oxygen atoms in total. The summed E-state index contributed by atoms with van der Waals surface area (Å²) in [5.74, 6) is -0.830. The van der Waals surface area contributed by atoms with Crippen molar-refractivity contribution in [3.63, 3.8) is 0 Å². The van der Waals surface area contributed by atoms with E-state index in [0.29, 0.717) is 6.54 Å². The number of unbranched alkanes of at least 4 members (excludes halogenated alkanes) is 14. The van der Waals surface area contributed by atoms with E-state index in [0.717, 1.165) is 12.8 Å². The van der Waals surface area contributed by atoms with Crippen LogP contribution in [0.4, 0.5) is 0 Å². The minimum atomic E-state index is -0.903. The van der Waals surface area contributed by atoms with Gasteiger partial charge in [-0.3, -0.25) is 4.48 Å². The Kier molecular flexibility index (Phi) is 22.7. The molecule has 0 atom stereocenters. The number of quaternary nitrogens is 1. The van der Waals surface area contributed by atoms with Crippen LogP contribution in [0.15, 0.2) is 0 Å². The molecule has 0 aliphatic heterocycles. The number of carbonyl (C=O) groups is 2. The lowest BCUT2D eigenvalue weighted by atomic mass is 10.0. The van der Waals surface area contributed by atoms with Gasteiger partial charge in [-0.1, -0.05) is 96.8 Å². The maximum Gasteiger partial charge on any atom is 0.310 e. The molecule has 0 unspecified atom stereocenters. The van der Waals surface area contributed by atoms with Crippen LogP contribution in [0.1, 0.15) is 117 Å². The molecular weight excluding hydrogens is 366 g/mol. The molecule has 0 heterocycles. The van der Waals surface area contributed by atoms with E-state index in [1.165, 1.54) is 90.4 Å². The summed E-state index contributed by atoms with van der Waals surface area (Å²) in [6, 6.07) is 0. The maximum atomic E-state index is 10.7. The van der Waals surface area contributed by atoms with Crippen LogP contribution < -0.4 is 5.11 Å². The van der Waals surface area contributed by atoms with E-state index in [-0.39, 0.29) is 23.4 Å². The van der Waals surface area contributed by atoms with Gasteiger partial charge in [-0.25, -0.2) is 4.79 Å². The molecule has 0 radical (unpaired) electrons. The van der Waals surface area contributed by atoms with Crippen LogP contribution in [-0.2, 0) is 9.59 Å². The van der Waals surface area contributed by atoms with Crippen LogP contribution in [0, 0.1) is 0 Å². The van der Waals surface area contributed by atoms with Crippen molar-refractivity contribution >= 4 is 11.9 Å². The van der Waals surface area contributed by atoms with Gasteiger partial charge in [-0.05, 0) is 12.8 Å². The van der Waals surface area contributed by atoms with Crippen molar-refractivity contribution in [2.75, 3.05) is 27.2 Å². The van der Waals surface area contributed by atoms with Gasteiger partial charge in [0.25, 0.3) is 0 Å². The van der Waals surface area contributed by atoms with Crippen molar-refractivity contribution in [2.45, 2.75) is 117 Å². The number of nitrogens with zero attached hydrogens (tertiary/aromatic N) is 1. The molecule has 0 rings (SSSR count). The predicted octanol–water partition coefficient (Wildman–Crippen LogP) is 4.60. The van der Waals surface area contributed by atoms with Crippen LogP contribution in [-0.4, -0.2) is 48.7 Å². The fourth-order valence-corrected chi connectivity index (χ4v) is 3.05. The lowest BCUT2D eigenvalue weighted by Gasteiger charge is -2.23. The van der Waals surface area contributed by atoms with Gasteiger partial charge in [0.15, 0.2) is 0 Å². The average molecular weight is 416 g/mol. The molecule has 0 aliphatic carbocycles. The highest BCUT2D eigenvalue weighted by Gasteiger charge is 2.19. The van der Waals surface area contributed by atoms with Gasteiger partial charge in [0, 0.05) is 5.97 Å². The van der Waals surface area contributed by atoms with Crippen LogP contribution in [0.25, 0.3) is 0 Å². The van der Waals surface area contributed by atoms with Gasteiger partial charge in [0.05, 0.1) is 27.6 Å². The average Bonchev–Trinajstić information content (AvgIpc) is 2.65. The largest absolute Gasteiger partial charge is 0.550 e. The van der Waals surface area contributed by atoms with Gasteiger partial charge in [0.1, 0.15) is 6.54 Å². The van der Waals surface area contributed by atoms with Gasteiger partial charge < -0.3 is 15.0 Å². The smallest absolute Gasteiger partial charge is 0.310 e. The third-order valence-corrected chi connectivity index (χ3v) is 5.50. The normalized spacial score (nSPS) is 11.1. The van der Waals surface area contributed by atoms with E-state index in [1.807, 2.05) is 0 Å². The summed E-state index contributed by atoms with van der Waals surface area (Å²) in [6.45, 7) is 4.35. The molecular formula is C24H49NO4. The van der Waals surface area contributed by atoms with Crippen molar-refractivity contribution in [1.82, 2.24) is 0 Å². The molecule has 0 aromatic carbocycles. The van der Waals surface area contributed by atoms with Crippen LogP contribution in [0.2, 0.25) is 0 Å². The number of carboxylic acids is 1. The Labute approximate surface area is 180 Å². The molecule has 0 fully saturated rings. The summed E-state index contributed by atoms with van der Waals surface area (Å²) in [5, 5.41) is 18.7. The standard InChI is InChI=1S/C18H36O2.C6H14NO2/c1-2-3-4-5-6-7-8-9-10-11-12-13-14-15-16-17-18(19)20;1-6(9)7(2,3)4-5-8/h2-17H2,1H3,(H,19,20);8H,4-5H2,1-3H3/q;+1/p-1. The summed E-state index contributed by atoms with van der Waals surface area (Å²) in [5.41, 5.74) is 0. The summed E-state index contributed by atoms with van der Waals surface area (Å²) in [6.07, 6.45) is 19.9. The van der Waals surface area contributed by atoms with Gasteiger partial charge in [0.2, 0.25) is 0 Å². The second kappa shape index (κ2) is 21.8. The minimum Gasteiger partial charge on any atom is -0.550 e. The Hall–Kier alpha value is -0.940. The fourth-order valence-electron chi connectivity index (χ4n) is 3.05. The highest BCUT2D eigenvalue weighted by atomic mass is 16.4. The zero-order valence-electron chi connectivity index (χ0n) is 19.8. The number of rotatable bonds is 18. The fraction of sp³-hybridized carbons (Fsp3) is 0.917. The van der Waals surface area contributed by atoms with Crippen molar-refractivity contribution < 1.29 is 24.3 Å². The lowest BCUT2D eigenvalue weighted by Crippen LogP contribution is -2.45. The SMILES string of the molecule is CC(=O)[N+](C)(C)CCO.CCCCCCCCCCCCCCCCCC(=O)[O-]. The van der Waals surface area contributed by atoms with E-state index in [4.69, 9.17) is 5.11 Å². The zero-order chi connectivity index (χ0) is 22.4. The molecule has 0 saturated carbocycles. The number of likely N-dealkylation sites (N-methyl/N-ethyl adjacent to an activating group) is 1. The first-order valence-corrected chi connectivity index (χ1v) is 11.9. The van der Waals surface area contributed by atoms with Gasteiger partial charge in [-0.2, -0.15) is 0 Å². The Bertz CT molecular complexity index is 383. The number of carboxylic acid groups (broad SMARTS) is 1. The third kappa shape index (κ3) is 25.0. The van der Waals surface area contributed by atoms with Crippen molar-refractivity contribution in [1.29, 1.82) is 0 Å². The number of aliphatic hydroxyl groups is 1. The van der Waals surface area contributed by atoms with E-state index < -0.39 is 5.97 Å². The highest BCUT2D eigenvalue weighted by Crippen LogP contribution is 2.13. The monoisotopic (exact) mass is 415 g/mol. The van der Waals surface area contributed by atoms with E-state index in [1.54, 1.807) is 14.1 Å². The van der Waals surface area contributed by atoms with E-state index in [9.17, 15) is 14.7 Å². The number of amides is 1. The second-order valence-corrected chi connectivity index (χ2v) is 8.72. The molecule has 0 spiro atoms. The molecule has 1 amide bonds.